The Balaban J connectivity index is 5.22. The van der Waals surface area contributed by atoms with Gasteiger partial charge >= 0.3 is 13.6 Å². The summed E-state index contributed by atoms with van der Waals surface area (Å²) >= 11 is 0. The molecule has 0 amide bonds. The summed E-state index contributed by atoms with van der Waals surface area (Å²) in [7, 11) is -3.02. The molecule has 0 radical (unpaired) electrons. The highest BCUT2D eigenvalue weighted by Gasteiger charge is 2.52. The second kappa shape index (κ2) is 4.22. The highest BCUT2D eigenvalue weighted by atomic mass is 31.2. The van der Waals surface area contributed by atoms with Gasteiger partial charge in [-0.3, -0.25) is 9.36 Å². The molecule has 0 aliphatic heterocycles. The van der Waals surface area contributed by atoms with E-state index in [1.54, 1.807) is 13.8 Å². The van der Waals surface area contributed by atoms with E-state index in [-0.39, 0.29) is 12.8 Å². The van der Waals surface area contributed by atoms with Crippen molar-refractivity contribution in [3.8, 4) is 0 Å². The molecule has 0 aromatic carbocycles. The average molecular weight is 210 g/mol. The maximum Gasteiger partial charge on any atom is 0.345 e. The smallest absolute Gasteiger partial charge is 0.345 e. The Morgan fingerprint density at radius 1 is 1.46 bits per heavy atom. The summed E-state index contributed by atoms with van der Waals surface area (Å²) in [6.07, 6.45) is 0.140. The van der Waals surface area contributed by atoms with E-state index in [2.05, 4.69) is 4.52 Å². The second-order valence-electron chi connectivity index (χ2n) is 2.75. The quantitative estimate of drug-likeness (QED) is 0.671. The van der Waals surface area contributed by atoms with Crippen LogP contribution >= 0.6 is 7.60 Å². The number of carboxylic acids is 1. The Bertz CT molecular complexity index is 233. The molecule has 0 spiro atoms. The lowest BCUT2D eigenvalue weighted by atomic mass is 10.0. The Morgan fingerprint density at radius 3 is 1.92 bits per heavy atom. The molecule has 0 bridgehead atoms. The van der Waals surface area contributed by atoms with Crippen molar-refractivity contribution in [3.05, 3.63) is 0 Å². The second-order valence-corrected chi connectivity index (χ2v) is 5.01. The van der Waals surface area contributed by atoms with Gasteiger partial charge in [-0.2, -0.15) is 0 Å². The van der Waals surface area contributed by atoms with Gasteiger partial charge in [-0.1, -0.05) is 13.8 Å². The first-order valence-corrected chi connectivity index (χ1v) is 5.57. The lowest BCUT2D eigenvalue weighted by Gasteiger charge is -2.29. The van der Waals surface area contributed by atoms with Crippen molar-refractivity contribution in [2.45, 2.75) is 31.8 Å². The molecule has 0 fully saturated rings. The van der Waals surface area contributed by atoms with E-state index >= 15 is 0 Å². The molecular weight excluding hydrogens is 195 g/mol. The van der Waals surface area contributed by atoms with Crippen LogP contribution in [0.3, 0.4) is 0 Å². The Morgan fingerprint density at radius 2 is 1.85 bits per heavy atom. The third-order valence-electron chi connectivity index (χ3n) is 2.36. The van der Waals surface area contributed by atoms with Crippen LogP contribution in [0.4, 0.5) is 0 Å². The third-order valence-corrected chi connectivity index (χ3v) is 4.76. The highest BCUT2D eigenvalue weighted by molar-refractivity contribution is 7.55. The molecule has 13 heavy (non-hydrogen) atoms. The zero-order valence-electron chi connectivity index (χ0n) is 7.98. The van der Waals surface area contributed by atoms with Crippen molar-refractivity contribution in [2.24, 2.45) is 0 Å². The van der Waals surface area contributed by atoms with Gasteiger partial charge in [-0.15, -0.1) is 0 Å². The van der Waals surface area contributed by atoms with Crippen LogP contribution in [-0.4, -0.2) is 28.2 Å². The number of rotatable bonds is 5. The largest absolute Gasteiger partial charge is 0.480 e. The molecular formula is C7H15O5P. The predicted octanol–water partition coefficient (Wildman–Crippen LogP) is 1.46. The average Bonchev–Trinajstić information content (AvgIpc) is 2.06. The van der Waals surface area contributed by atoms with Crippen LogP contribution in [0, 0.1) is 0 Å². The maximum absolute atomic E-state index is 11.5. The molecule has 78 valence electrons. The van der Waals surface area contributed by atoms with Gasteiger partial charge in [-0.05, 0) is 12.8 Å². The highest BCUT2D eigenvalue weighted by Crippen LogP contribution is 2.58. The zero-order valence-corrected chi connectivity index (χ0v) is 8.88. The molecule has 6 heteroatoms. The number of carboxylic acid groups (broad SMARTS) is 1. The summed E-state index contributed by atoms with van der Waals surface area (Å²) in [6, 6.07) is 0. The fourth-order valence-corrected chi connectivity index (χ4v) is 2.64. The van der Waals surface area contributed by atoms with Crippen LogP contribution in [0.2, 0.25) is 0 Å². The van der Waals surface area contributed by atoms with Gasteiger partial charge in [0.25, 0.3) is 0 Å². The lowest BCUT2D eigenvalue weighted by molar-refractivity contribution is -0.141. The summed E-state index contributed by atoms with van der Waals surface area (Å²) in [5, 5.41) is 7.21. The molecule has 0 aliphatic carbocycles. The maximum atomic E-state index is 11.5. The molecule has 0 aromatic rings. The zero-order chi connectivity index (χ0) is 10.7. The van der Waals surface area contributed by atoms with Crippen LogP contribution < -0.4 is 0 Å². The number of carbonyl (C=O) groups is 1. The van der Waals surface area contributed by atoms with Gasteiger partial charge in [-0.25, -0.2) is 0 Å². The van der Waals surface area contributed by atoms with E-state index in [1.807, 2.05) is 0 Å². The summed E-state index contributed by atoms with van der Waals surface area (Å²) in [5.41, 5.74) is 0. The van der Waals surface area contributed by atoms with Gasteiger partial charge in [0.15, 0.2) is 5.16 Å². The minimum absolute atomic E-state index is 0.0699. The molecule has 1 atom stereocenters. The van der Waals surface area contributed by atoms with E-state index in [4.69, 9.17) is 5.11 Å². The summed E-state index contributed by atoms with van der Waals surface area (Å²) < 4.78 is 15.8. The SMILES string of the molecule is CCC(CC)(C(=O)O)P(=O)(O)OC. The minimum atomic E-state index is -4.07. The van der Waals surface area contributed by atoms with E-state index in [1.165, 1.54) is 0 Å². The molecule has 5 nitrogen and oxygen atoms in total. The minimum Gasteiger partial charge on any atom is -0.480 e. The normalized spacial score (nSPS) is 16.6. The van der Waals surface area contributed by atoms with Crippen molar-refractivity contribution in [2.75, 3.05) is 7.11 Å². The van der Waals surface area contributed by atoms with Crippen LogP contribution in [0.25, 0.3) is 0 Å². The van der Waals surface area contributed by atoms with Crippen LogP contribution in [-0.2, 0) is 13.9 Å². The molecule has 0 heterocycles. The number of hydrogen-bond acceptors (Lipinski definition) is 3. The molecule has 2 N–H and O–H groups in total. The van der Waals surface area contributed by atoms with Crippen molar-refractivity contribution in [1.29, 1.82) is 0 Å². The molecule has 0 aliphatic rings. The van der Waals surface area contributed by atoms with E-state index in [0.717, 1.165) is 7.11 Å². The van der Waals surface area contributed by atoms with Gasteiger partial charge in [0, 0.05) is 7.11 Å². The Kier molecular flexibility index (Phi) is 4.10. The van der Waals surface area contributed by atoms with Gasteiger partial charge in [0.2, 0.25) is 0 Å². The van der Waals surface area contributed by atoms with Crippen molar-refractivity contribution >= 4 is 13.6 Å². The van der Waals surface area contributed by atoms with Crippen LogP contribution in [0.15, 0.2) is 0 Å². The van der Waals surface area contributed by atoms with E-state index < -0.39 is 18.7 Å². The fraction of sp³-hybridized carbons (Fsp3) is 0.857. The molecule has 0 rings (SSSR count). The first kappa shape index (κ1) is 12.6. The third kappa shape index (κ3) is 1.93. The Hall–Kier alpha value is -0.380. The lowest BCUT2D eigenvalue weighted by Crippen LogP contribution is -2.37. The standard InChI is InChI=1S/C7H15O5P/c1-4-7(5-2,6(8)9)13(10,11)12-3/h4-5H2,1-3H3,(H,8,9)(H,10,11). The van der Waals surface area contributed by atoms with E-state index in [0.29, 0.717) is 0 Å². The summed E-state index contributed by atoms with van der Waals surface area (Å²) in [4.78, 5) is 20.2. The fourth-order valence-electron chi connectivity index (χ4n) is 1.25. The first-order chi connectivity index (χ1) is 5.88. The molecule has 0 aromatic heterocycles. The van der Waals surface area contributed by atoms with Gasteiger partial charge in [0.05, 0.1) is 0 Å². The van der Waals surface area contributed by atoms with Crippen molar-refractivity contribution < 1.29 is 23.9 Å². The predicted molar refractivity (Wildman–Crippen MR) is 47.8 cm³/mol. The van der Waals surface area contributed by atoms with Crippen molar-refractivity contribution in [1.82, 2.24) is 0 Å². The van der Waals surface area contributed by atoms with E-state index in [9.17, 15) is 14.3 Å². The topological polar surface area (TPSA) is 83.8 Å². The van der Waals surface area contributed by atoms with Gasteiger partial charge < -0.3 is 14.5 Å². The Labute approximate surface area is 77.3 Å². The summed E-state index contributed by atoms with van der Waals surface area (Å²) in [5.74, 6) is -1.29. The number of hydrogen-bond donors (Lipinski definition) is 2. The molecule has 0 saturated heterocycles. The first-order valence-electron chi connectivity index (χ1n) is 4.00. The number of aliphatic carboxylic acids is 1. The van der Waals surface area contributed by atoms with Crippen LogP contribution in [0.5, 0.6) is 0 Å². The summed E-state index contributed by atoms with van der Waals surface area (Å²) in [6.45, 7) is 3.11. The van der Waals surface area contributed by atoms with Crippen LogP contribution in [0.1, 0.15) is 26.7 Å². The van der Waals surface area contributed by atoms with Gasteiger partial charge in [0.1, 0.15) is 0 Å². The molecule has 1 unspecified atom stereocenters. The molecule has 0 saturated carbocycles. The monoisotopic (exact) mass is 210 g/mol. The van der Waals surface area contributed by atoms with Crippen molar-refractivity contribution in [3.63, 3.8) is 0 Å².